The second-order valence-corrected chi connectivity index (χ2v) is 9.64. The summed E-state index contributed by atoms with van der Waals surface area (Å²) in [5, 5.41) is 14.9. The molecule has 2 aromatic carbocycles. The number of aliphatic carboxylic acids is 1. The summed E-state index contributed by atoms with van der Waals surface area (Å²) in [4.78, 5) is 36.3. The smallest absolute Gasteiger partial charge is 0.407 e. The molecule has 1 fully saturated rings. The van der Waals surface area contributed by atoms with Crippen molar-refractivity contribution in [3.8, 4) is 11.1 Å². The number of alkyl carbamates (subject to hydrolysis) is 1. The second kappa shape index (κ2) is 11.4. The monoisotopic (exact) mass is 478 g/mol. The van der Waals surface area contributed by atoms with E-state index in [1.807, 2.05) is 31.2 Å². The summed E-state index contributed by atoms with van der Waals surface area (Å²) in [6.07, 6.45) is 3.15. The quantitative estimate of drug-likeness (QED) is 0.415. The summed E-state index contributed by atoms with van der Waals surface area (Å²) in [6, 6.07) is 16.4. The first-order valence-corrected chi connectivity index (χ1v) is 12.6. The van der Waals surface area contributed by atoms with Gasteiger partial charge in [-0.1, -0.05) is 61.9 Å². The number of carboxylic acids is 1. The average Bonchev–Trinajstić information content (AvgIpc) is 3.65. The molecule has 0 saturated heterocycles. The van der Waals surface area contributed by atoms with Gasteiger partial charge in [0, 0.05) is 25.4 Å². The van der Waals surface area contributed by atoms with Crippen molar-refractivity contribution in [1.29, 1.82) is 0 Å². The third-order valence-electron chi connectivity index (χ3n) is 7.12. The molecule has 0 heterocycles. The van der Waals surface area contributed by atoms with Crippen LogP contribution in [-0.4, -0.2) is 42.8 Å². The first-order valence-electron chi connectivity index (χ1n) is 12.6. The van der Waals surface area contributed by atoms with Crippen LogP contribution < -0.4 is 10.6 Å². The van der Waals surface area contributed by atoms with Gasteiger partial charge in [-0.2, -0.15) is 0 Å². The molecule has 186 valence electrons. The van der Waals surface area contributed by atoms with E-state index >= 15 is 0 Å². The average molecular weight is 479 g/mol. The van der Waals surface area contributed by atoms with Crippen molar-refractivity contribution in [2.45, 2.75) is 44.9 Å². The predicted molar refractivity (Wildman–Crippen MR) is 133 cm³/mol. The van der Waals surface area contributed by atoms with E-state index in [0.29, 0.717) is 18.9 Å². The van der Waals surface area contributed by atoms with Crippen LogP contribution >= 0.6 is 0 Å². The lowest BCUT2D eigenvalue weighted by Gasteiger charge is -2.19. The predicted octanol–water partition coefficient (Wildman–Crippen LogP) is 4.56. The Morgan fingerprint density at radius 1 is 0.971 bits per heavy atom. The summed E-state index contributed by atoms with van der Waals surface area (Å²) in [6.45, 7) is 2.68. The summed E-state index contributed by atoms with van der Waals surface area (Å²) in [5.74, 6) is -1.20. The molecule has 0 radical (unpaired) electrons. The molecule has 35 heavy (non-hydrogen) atoms. The number of hydrogen-bond donors (Lipinski definition) is 3. The van der Waals surface area contributed by atoms with Crippen molar-refractivity contribution in [2.24, 2.45) is 17.8 Å². The number of amides is 2. The first-order chi connectivity index (χ1) is 17.0. The molecule has 7 heteroatoms. The van der Waals surface area contributed by atoms with Gasteiger partial charge in [-0.15, -0.1) is 0 Å². The van der Waals surface area contributed by atoms with Crippen LogP contribution in [0.3, 0.4) is 0 Å². The van der Waals surface area contributed by atoms with Crippen molar-refractivity contribution in [2.75, 3.05) is 19.7 Å². The number of carbonyl (C=O) groups excluding carboxylic acids is 2. The normalized spacial score (nSPS) is 16.0. The summed E-state index contributed by atoms with van der Waals surface area (Å²) in [7, 11) is 0. The van der Waals surface area contributed by atoms with Gasteiger partial charge in [0.15, 0.2) is 0 Å². The molecular weight excluding hydrogens is 444 g/mol. The van der Waals surface area contributed by atoms with Crippen LogP contribution in [0.2, 0.25) is 0 Å². The van der Waals surface area contributed by atoms with Crippen LogP contribution in [0.1, 0.15) is 56.1 Å². The van der Waals surface area contributed by atoms with Crippen molar-refractivity contribution >= 4 is 18.0 Å². The highest BCUT2D eigenvalue weighted by molar-refractivity contribution is 5.79. The fourth-order valence-electron chi connectivity index (χ4n) is 5.05. The zero-order valence-electron chi connectivity index (χ0n) is 20.2. The Hall–Kier alpha value is -3.35. The minimum atomic E-state index is -0.886. The van der Waals surface area contributed by atoms with Crippen molar-refractivity contribution < 1.29 is 24.2 Å². The van der Waals surface area contributed by atoms with Crippen LogP contribution in [0, 0.1) is 17.8 Å². The molecular formula is C28H34N2O5. The molecule has 0 aromatic heterocycles. The molecule has 2 amide bonds. The molecule has 7 nitrogen and oxygen atoms in total. The fraction of sp³-hybridized carbons (Fsp3) is 0.464. The van der Waals surface area contributed by atoms with Crippen LogP contribution in [0.15, 0.2) is 48.5 Å². The van der Waals surface area contributed by atoms with Gasteiger partial charge in [-0.25, -0.2) is 4.79 Å². The Kier molecular flexibility index (Phi) is 8.06. The van der Waals surface area contributed by atoms with Gasteiger partial charge in [-0.3, -0.25) is 9.59 Å². The molecule has 2 aliphatic rings. The van der Waals surface area contributed by atoms with Crippen molar-refractivity contribution in [1.82, 2.24) is 10.6 Å². The van der Waals surface area contributed by atoms with Gasteiger partial charge >= 0.3 is 12.1 Å². The Bertz CT molecular complexity index is 1020. The van der Waals surface area contributed by atoms with E-state index < -0.39 is 18.0 Å². The van der Waals surface area contributed by atoms with Crippen LogP contribution in [0.25, 0.3) is 11.1 Å². The topological polar surface area (TPSA) is 105 Å². The molecule has 2 unspecified atom stereocenters. The van der Waals surface area contributed by atoms with E-state index in [2.05, 4.69) is 34.9 Å². The van der Waals surface area contributed by atoms with E-state index in [0.717, 1.165) is 30.4 Å². The van der Waals surface area contributed by atoms with E-state index in [4.69, 9.17) is 4.74 Å². The lowest BCUT2D eigenvalue weighted by Crippen LogP contribution is -2.37. The number of carboxylic acid groups (broad SMARTS) is 1. The van der Waals surface area contributed by atoms with Crippen LogP contribution in [0.4, 0.5) is 4.79 Å². The largest absolute Gasteiger partial charge is 0.481 e. The number of carbonyl (C=O) groups is 3. The van der Waals surface area contributed by atoms with Gasteiger partial charge in [0.05, 0.1) is 5.92 Å². The third-order valence-corrected chi connectivity index (χ3v) is 7.12. The molecule has 0 bridgehead atoms. The van der Waals surface area contributed by atoms with Crippen LogP contribution in [0.5, 0.6) is 0 Å². The zero-order chi connectivity index (χ0) is 24.8. The lowest BCUT2D eigenvalue weighted by molar-refractivity contribution is -0.142. The maximum atomic E-state index is 12.5. The van der Waals surface area contributed by atoms with Gasteiger partial charge in [0.1, 0.15) is 6.61 Å². The Morgan fingerprint density at radius 2 is 1.60 bits per heavy atom. The van der Waals surface area contributed by atoms with Gasteiger partial charge in [0.2, 0.25) is 5.91 Å². The van der Waals surface area contributed by atoms with Crippen LogP contribution in [-0.2, 0) is 14.3 Å². The molecule has 1 saturated carbocycles. The van der Waals surface area contributed by atoms with Gasteiger partial charge in [-0.05, 0) is 53.4 Å². The SMILES string of the molecule is CCCC(CNC(=O)CC(CNC(=O)OCC1c2ccccc2-c2ccccc21)C1CC1)C(=O)O. The number of hydrogen-bond acceptors (Lipinski definition) is 4. The summed E-state index contributed by atoms with van der Waals surface area (Å²) < 4.78 is 5.61. The molecule has 0 spiro atoms. The zero-order valence-corrected chi connectivity index (χ0v) is 20.2. The summed E-state index contributed by atoms with van der Waals surface area (Å²) >= 11 is 0. The molecule has 2 aromatic rings. The minimum absolute atomic E-state index is 0.00320. The Morgan fingerprint density at radius 3 is 2.17 bits per heavy atom. The highest BCUT2D eigenvalue weighted by Crippen LogP contribution is 2.44. The van der Waals surface area contributed by atoms with E-state index in [1.165, 1.54) is 11.1 Å². The lowest BCUT2D eigenvalue weighted by atomic mass is 9.98. The molecule has 3 N–H and O–H groups in total. The standard InChI is InChI=1S/C28H34N2O5/c1-2-7-19(27(32)33)15-29-26(31)14-20(18-12-13-18)16-30-28(34)35-17-25-23-10-5-3-8-21(23)22-9-4-6-11-24(22)25/h3-6,8-11,18-20,25H,2,7,12-17H2,1H3,(H,29,31)(H,30,34)(H,32,33). The highest BCUT2D eigenvalue weighted by Gasteiger charge is 2.33. The van der Waals surface area contributed by atoms with Gasteiger partial charge < -0.3 is 20.5 Å². The molecule has 2 atom stereocenters. The summed E-state index contributed by atoms with van der Waals surface area (Å²) in [5.41, 5.74) is 4.69. The first kappa shape index (κ1) is 24.8. The number of nitrogens with one attached hydrogen (secondary N) is 2. The second-order valence-electron chi connectivity index (χ2n) is 9.64. The minimum Gasteiger partial charge on any atom is -0.481 e. The van der Waals surface area contributed by atoms with E-state index in [-0.39, 0.29) is 37.3 Å². The Balaban J connectivity index is 1.26. The number of ether oxygens (including phenoxy) is 1. The van der Waals surface area contributed by atoms with E-state index in [9.17, 15) is 19.5 Å². The molecule has 0 aliphatic heterocycles. The highest BCUT2D eigenvalue weighted by atomic mass is 16.5. The maximum absolute atomic E-state index is 12.5. The molecule has 2 aliphatic carbocycles. The number of benzene rings is 2. The van der Waals surface area contributed by atoms with Crippen molar-refractivity contribution in [3.05, 3.63) is 59.7 Å². The number of fused-ring (bicyclic) bond motifs is 3. The Labute approximate surface area is 206 Å². The molecule has 4 rings (SSSR count). The maximum Gasteiger partial charge on any atom is 0.407 e. The third kappa shape index (κ3) is 6.21. The number of rotatable bonds is 12. The fourth-order valence-corrected chi connectivity index (χ4v) is 5.05. The van der Waals surface area contributed by atoms with E-state index in [1.54, 1.807) is 0 Å². The van der Waals surface area contributed by atoms with Crippen molar-refractivity contribution in [3.63, 3.8) is 0 Å². The van der Waals surface area contributed by atoms with Gasteiger partial charge in [0.25, 0.3) is 0 Å².